The molecule has 2 aliphatic rings. The topological polar surface area (TPSA) is 76.5 Å². The van der Waals surface area contributed by atoms with E-state index in [-0.39, 0.29) is 36.4 Å². The third-order valence-corrected chi connectivity index (χ3v) is 7.54. The molecule has 1 N–H and O–H groups in total. The number of hydrogen-bond acceptors (Lipinski definition) is 5. The number of halogens is 3. The average Bonchev–Trinajstić information content (AvgIpc) is 3.33. The Balaban J connectivity index is 1.55. The van der Waals surface area contributed by atoms with Crippen molar-refractivity contribution in [1.29, 1.82) is 0 Å². The van der Waals surface area contributed by atoms with Gasteiger partial charge in [0.25, 0.3) is 0 Å². The van der Waals surface area contributed by atoms with Gasteiger partial charge in [-0.1, -0.05) is 0 Å². The lowest BCUT2D eigenvalue weighted by atomic mass is 10.0. The van der Waals surface area contributed by atoms with Crippen molar-refractivity contribution in [2.24, 2.45) is 0 Å². The van der Waals surface area contributed by atoms with E-state index in [1.54, 1.807) is 25.1 Å². The van der Waals surface area contributed by atoms with Gasteiger partial charge in [0.15, 0.2) is 6.04 Å². The molecule has 7 nitrogen and oxygen atoms in total. The minimum Gasteiger partial charge on any atom is -0.497 e. The number of nitrogens with one attached hydrogen (secondary N) is 1. The zero-order chi connectivity index (χ0) is 21.7. The molecule has 3 heterocycles. The molecule has 0 saturated carbocycles. The van der Waals surface area contributed by atoms with Gasteiger partial charge < -0.3 is 10.1 Å². The molecule has 30 heavy (non-hydrogen) atoms. The van der Waals surface area contributed by atoms with Gasteiger partial charge in [-0.15, -0.1) is 0 Å². The van der Waals surface area contributed by atoms with E-state index in [2.05, 4.69) is 10.4 Å². The van der Waals surface area contributed by atoms with Crippen LogP contribution in [0.2, 0.25) is 0 Å². The van der Waals surface area contributed by atoms with Gasteiger partial charge in [0, 0.05) is 31.1 Å². The molecule has 1 aromatic carbocycles. The van der Waals surface area contributed by atoms with E-state index in [9.17, 15) is 21.6 Å². The third-order valence-electron chi connectivity index (χ3n) is 5.67. The number of rotatable bonds is 4. The predicted molar refractivity (Wildman–Crippen MR) is 104 cm³/mol. The molecule has 11 heteroatoms. The fourth-order valence-electron chi connectivity index (χ4n) is 4.06. The summed E-state index contributed by atoms with van der Waals surface area (Å²) in [5.41, 5.74) is 0.480. The molecule has 3 atom stereocenters. The first-order valence-corrected chi connectivity index (χ1v) is 11.1. The van der Waals surface area contributed by atoms with Crippen molar-refractivity contribution in [2.75, 3.05) is 25.5 Å². The second kappa shape index (κ2) is 7.45. The van der Waals surface area contributed by atoms with E-state index in [0.717, 1.165) is 4.68 Å². The van der Waals surface area contributed by atoms with Crippen LogP contribution in [0.15, 0.2) is 35.2 Å². The Kier molecular flexibility index (Phi) is 5.21. The van der Waals surface area contributed by atoms with Crippen LogP contribution in [0.1, 0.15) is 37.4 Å². The van der Waals surface area contributed by atoms with Crippen molar-refractivity contribution in [3.05, 3.63) is 36.0 Å². The van der Waals surface area contributed by atoms with Gasteiger partial charge >= 0.3 is 6.18 Å². The van der Waals surface area contributed by atoms with Crippen LogP contribution in [0.25, 0.3) is 0 Å². The molecule has 1 saturated heterocycles. The highest BCUT2D eigenvalue weighted by atomic mass is 32.2. The van der Waals surface area contributed by atoms with Crippen molar-refractivity contribution < 1.29 is 26.3 Å². The molecule has 0 bridgehead atoms. The van der Waals surface area contributed by atoms with Crippen LogP contribution in [0.5, 0.6) is 5.75 Å². The van der Waals surface area contributed by atoms with Crippen LogP contribution in [-0.4, -0.2) is 54.9 Å². The highest BCUT2D eigenvalue weighted by Crippen LogP contribution is 2.41. The van der Waals surface area contributed by atoms with Gasteiger partial charge in [-0.3, -0.25) is 0 Å². The van der Waals surface area contributed by atoms with Crippen LogP contribution >= 0.6 is 0 Å². The second-order valence-electron chi connectivity index (χ2n) is 7.76. The Bertz CT molecular complexity index is 1020. The Morgan fingerprint density at radius 2 is 1.93 bits per heavy atom. The van der Waals surface area contributed by atoms with Crippen LogP contribution in [-0.2, 0) is 10.0 Å². The number of methoxy groups -OCH3 is 1. The van der Waals surface area contributed by atoms with Gasteiger partial charge in [-0.2, -0.15) is 22.6 Å². The summed E-state index contributed by atoms with van der Waals surface area (Å²) in [4.78, 5) is 0.153. The molecule has 0 aliphatic carbocycles. The maximum atomic E-state index is 13.5. The molecule has 0 unspecified atom stereocenters. The minimum atomic E-state index is -4.40. The predicted octanol–water partition coefficient (Wildman–Crippen LogP) is 3.38. The van der Waals surface area contributed by atoms with E-state index >= 15 is 0 Å². The molecule has 1 fully saturated rings. The molecule has 0 radical (unpaired) electrons. The highest BCUT2D eigenvalue weighted by molar-refractivity contribution is 7.89. The molecule has 0 amide bonds. The molecule has 1 aromatic heterocycles. The van der Waals surface area contributed by atoms with Gasteiger partial charge in [0.1, 0.15) is 11.6 Å². The number of sulfonamides is 1. The molecular weight excluding hydrogens is 421 g/mol. The Morgan fingerprint density at radius 1 is 1.23 bits per heavy atom. The zero-order valence-corrected chi connectivity index (χ0v) is 17.4. The lowest BCUT2D eigenvalue weighted by Gasteiger charge is -2.31. The summed E-state index contributed by atoms with van der Waals surface area (Å²) in [5.74, 6) is 0.613. The van der Waals surface area contributed by atoms with Crippen molar-refractivity contribution in [1.82, 2.24) is 14.1 Å². The van der Waals surface area contributed by atoms with Crippen LogP contribution in [0, 0.1) is 0 Å². The van der Waals surface area contributed by atoms with Gasteiger partial charge in [-0.05, 0) is 44.0 Å². The quantitative estimate of drug-likeness (QED) is 0.783. The van der Waals surface area contributed by atoms with E-state index < -0.39 is 22.2 Å². The normalized spacial score (nSPS) is 25.0. The maximum Gasteiger partial charge on any atom is 0.410 e. The van der Waals surface area contributed by atoms with E-state index in [0.29, 0.717) is 23.7 Å². The first-order valence-electron chi connectivity index (χ1n) is 9.66. The number of benzene rings is 1. The summed E-state index contributed by atoms with van der Waals surface area (Å²) < 4.78 is 73.6. The van der Waals surface area contributed by atoms with Crippen molar-refractivity contribution in [3.63, 3.8) is 0 Å². The summed E-state index contributed by atoms with van der Waals surface area (Å²) in [5, 5.41) is 7.26. The van der Waals surface area contributed by atoms with E-state index in [1.807, 2.05) is 0 Å². The largest absolute Gasteiger partial charge is 0.497 e. The van der Waals surface area contributed by atoms with Gasteiger partial charge in [-0.25, -0.2) is 13.1 Å². The summed E-state index contributed by atoms with van der Waals surface area (Å²) in [6, 6.07) is 5.72. The SMILES string of the molecule is COc1ccc(S(=O)(=O)N2CC[C@H](c3cc4n(n3)[C@@H](C(F)(F)F)C[C@@H](C)N4)C2)cc1. The minimum absolute atomic E-state index is 0.0970. The standard InChI is InChI=1S/C19H23F3N4O3S/c1-12-9-17(19(20,21)22)26-18(23-12)10-16(24-26)13-7-8-25(11-13)30(27,28)15-5-3-14(29-2)4-6-15/h3-6,10,12-13,17,23H,7-9,11H2,1-2H3/t12-,13+,17-/m1/s1. The van der Waals surface area contributed by atoms with Crippen LogP contribution < -0.4 is 10.1 Å². The fraction of sp³-hybridized carbons (Fsp3) is 0.526. The zero-order valence-electron chi connectivity index (χ0n) is 16.6. The maximum absolute atomic E-state index is 13.5. The Morgan fingerprint density at radius 3 is 2.57 bits per heavy atom. The van der Waals surface area contributed by atoms with Gasteiger partial charge in [0.2, 0.25) is 10.0 Å². The smallest absolute Gasteiger partial charge is 0.410 e. The van der Waals surface area contributed by atoms with Crippen molar-refractivity contribution in [2.45, 2.75) is 48.8 Å². The Hall–Kier alpha value is -2.27. The molecule has 0 spiro atoms. The van der Waals surface area contributed by atoms with Crippen molar-refractivity contribution >= 4 is 15.8 Å². The van der Waals surface area contributed by atoms with E-state index in [4.69, 9.17) is 4.74 Å². The molecule has 4 rings (SSSR count). The second-order valence-corrected chi connectivity index (χ2v) is 9.70. The lowest BCUT2D eigenvalue weighted by Crippen LogP contribution is -2.37. The molecule has 2 aromatic rings. The number of alkyl halides is 3. The summed E-state index contributed by atoms with van der Waals surface area (Å²) in [6.45, 7) is 2.17. The number of anilines is 1. The lowest BCUT2D eigenvalue weighted by molar-refractivity contribution is -0.173. The summed E-state index contributed by atoms with van der Waals surface area (Å²) >= 11 is 0. The summed E-state index contributed by atoms with van der Waals surface area (Å²) in [7, 11) is -2.20. The fourth-order valence-corrected chi connectivity index (χ4v) is 5.56. The number of ether oxygens (including phenoxy) is 1. The number of hydrogen-bond donors (Lipinski definition) is 1. The van der Waals surface area contributed by atoms with E-state index in [1.165, 1.54) is 23.5 Å². The first-order chi connectivity index (χ1) is 14.1. The number of fused-ring (bicyclic) bond motifs is 1. The highest BCUT2D eigenvalue weighted by Gasteiger charge is 2.46. The van der Waals surface area contributed by atoms with Crippen LogP contribution in [0.4, 0.5) is 19.0 Å². The number of nitrogens with zero attached hydrogens (tertiary/aromatic N) is 3. The Labute approximate surface area is 172 Å². The summed E-state index contributed by atoms with van der Waals surface area (Å²) in [6.07, 6.45) is -3.99. The third kappa shape index (κ3) is 3.76. The average molecular weight is 444 g/mol. The first kappa shape index (κ1) is 21.0. The molecule has 2 aliphatic heterocycles. The monoisotopic (exact) mass is 444 g/mol. The van der Waals surface area contributed by atoms with Crippen molar-refractivity contribution in [3.8, 4) is 5.75 Å². The molecular formula is C19H23F3N4O3S. The molecule has 164 valence electrons. The van der Waals surface area contributed by atoms with Gasteiger partial charge in [0.05, 0.1) is 17.7 Å². The number of aromatic nitrogens is 2. The van der Waals surface area contributed by atoms with Crippen LogP contribution in [0.3, 0.4) is 0 Å².